The largest absolute Gasteiger partial charge is 0.348 e. The second-order valence-corrected chi connectivity index (χ2v) is 8.31. The fourth-order valence-corrected chi connectivity index (χ4v) is 4.67. The highest BCUT2D eigenvalue weighted by Crippen LogP contribution is 2.21. The van der Waals surface area contributed by atoms with Gasteiger partial charge < -0.3 is 5.32 Å². The van der Waals surface area contributed by atoms with Crippen molar-refractivity contribution in [2.24, 2.45) is 0 Å². The number of hydrogen-bond donors (Lipinski definition) is 2. The van der Waals surface area contributed by atoms with Gasteiger partial charge in [-0.25, -0.2) is 13.4 Å². The van der Waals surface area contributed by atoms with Crippen molar-refractivity contribution < 1.29 is 13.2 Å². The third-order valence-corrected chi connectivity index (χ3v) is 6.19. The van der Waals surface area contributed by atoms with E-state index in [2.05, 4.69) is 15.0 Å². The average molecular weight is 365 g/mol. The predicted octanol–water partition coefficient (Wildman–Crippen LogP) is 3.01. The number of carbonyl (C=O) groups excluding carboxylic acids is 1. The first kappa shape index (κ1) is 16.9. The van der Waals surface area contributed by atoms with E-state index in [4.69, 9.17) is 0 Å². The van der Waals surface area contributed by atoms with E-state index in [-0.39, 0.29) is 27.7 Å². The first-order chi connectivity index (χ1) is 11.5. The van der Waals surface area contributed by atoms with Gasteiger partial charge in [0.25, 0.3) is 15.9 Å². The first-order valence-corrected chi connectivity index (χ1v) is 10.3. The van der Waals surface area contributed by atoms with E-state index in [9.17, 15) is 13.2 Å². The van der Waals surface area contributed by atoms with Crippen LogP contribution < -0.4 is 10.0 Å². The summed E-state index contributed by atoms with van der Waals surface area (Å²) < 4.78 is 26.9. The Bertz CT molecular complexity index is 797. The Labute approximate surface area is 145 Å². The monoisotopic (exact) mass is 365 g/mol. The van der Waals surface area contributed by atoms with Gasteiger partial charge in [-0.3, -0.25) is 9.52 Å². The molecule has 0 saturated heterocycles. The van der Waals surface area contributed by atoms with Crippen LogP contribution in [-0.4, -0.2) is 25.4 Å². The molecule has 0 radical (unpaired) electrons. The number of rotatable bonds is 5. The van der Waals surface area contributed by atoms with E-state index in [1.165, 1.54) is 18.6 Å². The Morgan fingerprint density at radius 1 is 1.12 bits per heavy atom. The van der Waals surface area contributed by atoms with E-state index in [0.717, 1.165) is 37.0 Å². The van der Waals surface area contributed by atoms with Crippen LogP contribution in [0, 0.1) is 0 Å². The highest BCUT2D eigenvalue weighted by Gasteiger charge is 2.20. The van der Waals surface area contributed by atoms with Crippen molar-refractivity contribution in [3.8, 4) is 0 Å². The van der Waals surface area contributed by atoms with Gasteiger partial charge in [-0.15, -0.1) is 11.3 Å². The van der Waals surface area contributed by atoms with Gasteiger partial charge in [0.2, 0.25) is 0 Å². The third kappa shape index (κ3) is 4.12. The molecule has 6 nitrogen and oxygen atoms in total. The molecule has 1 amide bonds. The van der Waals surface area contributed by atoms with E-state index in [0.29, 0.717) is 0 Å². The van der Waals surface area contributed by atoms with Crippen LogP contribution in [0.1, 0.15) is 42.6 Å². The molecular weight excluding hydrogens is 346 g/mol. The minimum atomic E-state index is -3.69. The molecule has 1 aromatic heterocycles. The third-order valence-electron chi connectivity index (χ3n) is 3.95. The lowest BCUT2D eigenvalue weighted by molar-refractivity contribution is 0.0923. The molecule has 1 aromatic carbocycles. The van der Waals surface area contributed by atoms with Crippen molar-refractivity contribution in [3.05, 3.63) is 41.4 Å². The number of aromatic nitrogens is 1. The highest BCUT2D eigenvalue weighted by molar-refractivity contribution is 7.93. The van der Waals surface area contributed by atoms with Crippen LogP contribution in [0.4, 0.5) is 5.13 Å². The molecule has 1 aliphatic rings. The maximum Gasteiger partial charge on any atom is 0.271 e. The number of sulfonamides is 1. The molecule has 2 N–H and O–H groups in total. The molecular formula is C16H19N3O3S2. The summed E-state index contributed by atoms with van der Waals surface area (Å²) in [4.78, 5) is 16.5. The number of benzene rings is 1. The first-order valence-electron chi connectivity index (χ1n) is 7.89. The summed E-state index contributed by atoms with van der Waals surface area (Å²) >= 11 is 1.10. The van der Waals surface area contributed by atoms with Gasteiger partial charge in [0, 0.05) is 11.4 Å². The quantitative estimate of drug-likeness (QED) is 0.852. The zero-order valence-electron chi connectivity index (χ0n) is 13.1. The zero-order valence-corrected chi connectivity index (χ0v) is 14.7. The Hall–Kier alpha value is -1.93. The molecule has 24 heavy (non-hydrogen) atoms. The number of hydrogen-bond acceptors (Lipinski definition) is 5. The molecule has 0 unspecified atom stereocenters. The molecule has 0 atom stereocenters. The number of anilines is 1. The number of thiazole rings is 1. The summed E-state index contributed by atoms with van der Waals surface area (Å²) in [5.74, 6) is -0.247. The minimum absolute atomic E-state index is 0.161. The maximum absolute atomic E-state index is 12.3. The lowest BCUT2D eigenvalue weighted by Crippen LogP contribution is -2.36. The predicted molar refractivity (Wildman–Crippen MR) is 93.7 cm³/mol. The van der Waals surface area contributed by atoms with Gasteiger partial charge >= 0.3 is 0 Å². The standard InChI is InChI=1S/C16H19N3O3S2/c20-15(17-12-7-3-1-4-8-12)14-11-23-16(18-14)19-24(21,22)13-9-5-2-6-10-13/h2,5-6,9-12H,1,3-4,7-8H2,(H,17,20)(H,18,19). The summed E-state index contributed by atoms with van der Waals surface area (Å²) in [6, 6.07) is 8.26. The van der Waals surface area contributed by atoms with Gasteiger partial charge in [-0.2, -0.15) is 0 Å². The van der Waals surface area contributed by atoms with Crippen molar-refractivity contribution in [2.75, 3.05) is 4.72 Å². The van der Waals surface area contributed by atoms with Gasteiger partial charge in [-0.05, 0) is 25.0 Å². The second-order valence-electron chi connectivity index (χ2n) is 5.76. The van der Waals surface area contributed by atoms with Gasteiger partial charge in [0.1, 0.15) is 5.69 Å². The minimum Gasteiger partial charge on any atom is -0.348 e. The number of amides is 1. The Morgan fingerprint density at radius 2 is 1.83 bits per heavy atom. The van der Waals surface area contributed by atoms with Crippen molar-refractivity contribution in [1.29, 1.82) is 0 Å². The fourth-order valence-electron chi connectivity index (χ4n) is 2.70. The van der Waals surface area contributed by atoms with Crippen LogP contribution in [0.25, 0.3) is 0 Å². The van der Waals surface area contributed by atoms with Gasteiger partial charge in [0.05, 0.1) is 4.90 Å². The van der Waals surface area contributed by atoms with Crippen LogP contribution in [0.3, 0.4) is 0 Å². The number of nitrogens with one attached hydrogen (secondary N) is 2. The fraction of sp³-hybridized carbons (Fsp3) is 0.375. The van der Waals surface area contributed by atoms with E-state index >= 15 is 0 Å². The summed E-state index contributed by atoms with van der Waals surface area (Å²) in [6.07, 6.45) is 5.45. The molecule has 8 heteroatoms. The van der Waals surface area contributed by atoms with Crippen LogP contribution >= 0.6 is 11.3 Å². The molecule has 0 spiro atoms. The number of carbonyl (C=O) groups is 1. The van der Waals surface area contributed by atoms with Gasteiger partial charge in [-0.1, -0.05) is 37.5 Å². The molecule has 3 rings (SSSR count). The Kier molecular flexibility index (Phi) is 5.15. The SMILES string of the molecule is O=C(NC1CCCCC1)c1csc(NS(=O)(=O)c2ccccc2)n1. The molecule has 0 bridgehead atoms. The molecule has 1 saturated carbocycles. The molecule has 2 aromatic rings. The molecule has 1 heterocycles. The highest BCUT2D eigenvalue weighted by atomic mass is 32.2. The normalized spacial score (nSPS) is 15.8. The maximum atomic E-state index is 12.3. The molecule has 1 aliphatic carbocycles. The topological polar surface area (TPSA) is 88.2 Å². The number of nitrogens with zero attached hydrogens (tertiary/aromatic N) is 1. The van der Waals surface area contributed by atoms with Crippen LogP contribution in [-0.2, 0) is 10.0 Å². The summed E-state index contributed by atoms with van der Waals surface area (Å²) in [7, 11) is -3.69. The lowest BCUT2D eigenvalue weighted by Gasteiger charge is -2.22. The van der Waals surface area contributed by atoms with Crippen molar-refractivity contribution >= 4 is 32.4 Å². The van der Waals surface area contributed by atoms with Gasteiger partial charge in [0.15, 0.2) is 5.13 Å². The molecule has 1 fully saturated rings. The second kappa shape index (κ2) is 7.31. The van der Waals surface area contributed by atoms with Crippen LogP contribution in [0.15, 0.2) is 40.6 Å². The van der Waals surface area contributed by atoms with E-state index in [1.54, 1.807) is 23.6 Å². The summed E-state index contributed by atoms with van der Waals surface area (Å²) in [5, 5.41) is 4.73. The van der Waals surface area contributed by atoms with Crippen molar-refractivity contribution in [1.82, 2.24) is 10.3 Å². The average Bonchev–Trinajstić information content (AvgIpc) is 3.04. The summed E-state index contributed by atoms with van der Waals surface area (Å²) in [6.45, 7) is 0. The molecule has 0 aliphatic heterocycles. The smallest absolute Gasteiger partial charge is 0.271 e. The molecule has 128 valence electrons. The lowest BCUT2D eigenvalue weighted by atomic mass is 9.95. The van der Waals surface area contributed by atoms with Crippen LogP contribution in [0.2, 0.25) is 0 Å². The zero-order chi connectivity index (χ0) is 17.0. The van der Waals surface area contributed by atoms with Crippen molar-refractivity contribution in [3.63, 3.8) is 0 Å². The van der Waals surface area contributed by atoms with E-state index in [1.807, 2.05) is 0 Å². The van der Waals surface area contributed by atoms with Crippen molar-refractivity contribution in [2.45, 2.75) is 43.0 Å². The Morgan fingerprint density at radius 3 is 2.54 bits per heavy atom. The summed E-state index contributed by atoms with van der Waals surface area (Å²) in [5.41, 5.74) is 0.247. The Balaban J connectivity index is 1.66. The van der Waals surface area contributed by atoms with Crippen LogP contribution in [0.5, 0.6) is 0 Å². The van der Waals surface area contributed by atoms with E-state index < -0.39 is 10.0 Å².